The van der Waals surface area contributed by atoms with Crippen molar-refractivity contribution < 1.29 is 243 Å². The van der Waals surface area contributed by atoms with Crippen molar-refractivity contribution in [3.05, 3.63) is 93.7 Å². The molecule has 2 aromatic heterocycles. The summed E-state index contributed by atoms with van der Waals surface area (Å²) in [5.74, 6) is -2.41. The van der Waals surface area contributed by atoms with E-state index in [1.165, 1.54) is 24.7 Å². The number of furan rings is 2. The largest absolute Gasteiger partial charge is 1.00 e. The molecule has 9 N–H and O–H groups in total. The number of nitrogens with one attached hydrogen (secondary N) is 4. The summed E-state index contributed by atoms with van der Waals surface area (Å²) in [5.41, 5.74) is -1.40. The minimum atomic E-state index is -4.24. The van der Waals surface area contributed by atoms with Crippen molar-refractivity contribution in [1.29, 1.82) is 0 Å². The summed E-state index contributed by atoms with van der Waals surface area (Å²) >= 11 is 17.0. The van der Waals surface area contributed by atoms with Gasteiger partial charge in [-0.25, -0.2) is 46.3 Å². The Labute approximate surface area is 589 Å². The number of sulfonamides is 2. The van der Waals surface area contributed by atoms with Crippen LogP contribution in [0.3, 0.4) is 0 Å². The van der Waals surface area contributed by atoms with Crippen LogP contribution in [0.4, 0.5) is 25.4 Å². The first-order chi connectivity index (χ1) is 36.2. The normalized spacial score (nSPS) is 10.6. The van der Waals surface area contributed by atoms with E-state index in [4.69, 9.17) is 89.4 Å². The van der Waals surface area contributed by atoms with E-state index in [9.17, 15) is 50.0 Å². The van der Waals surface area contributed by atoms with Crippen LogP contribution in [-0.4, -0.2) is 109 Å². The number of hydrogen-bond acceptors (Lipinski definition) is 22. The van der Waals surface area contributed by atoms with Crippen LogP contribution in [-0.2, 0) is 76.1 Å². The molecule has 0 saturated heterocycles. The molecule has 35 heteroatoms. The van der Waals surface area contributed by atoms with Crippen LogP contribution >= 0.6 is 34.8 Å². The van der Waals surface area contributed by atoms with E-state index in [1.54, 1.807) is 65.8 Å². The third kappa shape index (κ3) is 36.4. The van der Waals surface area contributed by atoms with Crippen LogP contribution in [0.5, 0.6) is 0 Å². The van der Waals surface area contributed by atoms with Crippen molar-refractivity contribution in [3.8, 4) is 0 Å². The molecular formula is C44H58Cl3Cs2FN6O21S2. The number of nitrogens with two attached hydrogens (primary N) is 2. The summed E-state index contributed by atoms with van der Waals surface area (Å²) in [6.07, 6.45) is 1.56. The van der Waals surface area contributed by atoms with E-state index in [0.717, 1.165) is 12.1 Å². The minimum absolute atomic E-state index is 0. The van der Waals surface area contributed by atoms with Crippen LogP contribution in [0, 0.1) is 0 Å². The Morgan fingerprint density at radius 2 is 1.13 bits per heavy atom. The third-order valence-corrected chi connectivity index (χ3v) is 10.8. The van der Waals surface area contributed by atoms with Crippen LogP contribution in [0.25, 0.3) is 0 Å². The first-order valence-corrected chi connectivity index (χ1v) is 25.7. The molecule has 0 bridgehead atoms. The average Bonchev–Trinajstić information content (AvgIpc) is 4.04. The number of halogens is 4. The van der Waals surface area contributed by atoms with Gasteiger partial charge < -0.3 is 70.5 Å². The topological polar surface area (TPSA) is 413 Å². The molecule has 0 radical (unpaired) electrons. The van der Waals surface area contributed by atoms with Crippen molar-refractivity contribution in [3.63, 3.8) is 0 Å². The number of hydrogen-bond donors (Lipinski definition) is 7. The fourth-order valence-electron chi connectivity index (χ4n) is 4.97. The van der Waals surface area contributed by atoms with Crippen molar-refractivity contribution >= 4 is 109 Å². The molecule has 0 aliphatic rings. The maximum Gasteiger partial charge on any atom is 1.00 e. The maximum absolute atomic E-state index is 12.6. The molecular weight excluding hydrogens is 1400 g/mol. The Hall–Kier alpha value is -2.83. The second-order valence-electron chi connectivity index (χ2n) is 16.2. The van der Waals surface area contributed by atoms with Crippen LogP contribution in [0.2, 0.25) is 10.0 Å². The molecule has 2 amide bonds. The van der Waals surface area contributed by atoms with Crippen molar-refractivity contribution in [2.24, 2.45) is 10.3 Å². The quantitative estimate of drug-likeness (QED) is 0.0111. The van der Waals surface area contributed by atoms with Gasteiger partial charge in [-0.15, -0.1) is 0 Å². The first kappa shape index (κ1) is 78.2. The van der Waals surface area contributed by atoms with E-state index >= 15 is 0 Å². The van der Waals surface area contributed by atoms with Gasteiger partial charge in [0, 0.05) is 13.1 Å². The molecule has 0 aliphatic heterocycles. The fourth-order valence-corrected chi connectivity index (χ4v) is 7.29. The van der Waals surface area contributed by atoms with Gasteiger partial charge in [0.1, 0.15) is 32.5 Å². The predicted octanol–water partition coefficient (Wildman–Crippen LogP) is -0.563. The van der Waals surface area contributed by atoms with E-state index in [2.05, 4.69) is 30.9 Å². The monoisotopic (exact) mass is 1460 g/mol. The summed E-state index contributed by atoms with van der Waals surface area (Å²) in [6, 6.07) is 10.8. The Morgan fingerprint density at radius 1 is 0.747 bits per heavy atom. The smallest absolute Gasteiger partial charge is 1.00 e. The molecule has 432 valence electrons. The summed E-state index contributed by atoms with van der Waals surface area (Å²) < 4.78 is 96.3. The number of amides is 2. The molecule has 0 fully saturated rings. The zero-order valence-electron chi connectivity index (χ0n) is 45.8. The number of esters is 3. The van der Waals surface area contributed by atoms with Gasteiger partial charge >= 0.3 is 174 Å². The number of carbonyl (C=O) groups excluding carboxylic acids is 6. The number of ether oxygens (including phenoxy) is 5. The molecule has 0 saturated carbocycles. The molecule has 27 nitrogen and oxygen atoms in total. The number of carboxylic acids is 1. The molecule has 2 heterocycles. The van der Waals surface area contributed by atoms with Gasteiger partial charge in [-0.2, -0.15) is 0 Å². The summed E-state index contributed by atoms with van der Waals surface area (Å²) in [5, 5.41) is 37.9. The molecule has 4 aromatic rings. The molecule has 0 unspecified atom stereocenters. The third-order valence-electron chi connectivity index (χ3n) is 7.93. The molecule has 0 atom stereocenters. The number of aromatic carboxylic acids is 1. The Balaban J connectivity index is -0.000000549. The van der Waals surface area contributed by atoms with Gasteiger partial charge in [0.05, 0.1) is 79.5 Å². The summed E-state index contributed by atoms with van der Waals surface area (Å²) in [6.45, 7) is 9.91. The van der Waals surface area contributed by atoms with E-state index in [1.807, 2.05) is 0 Å². The van der Waals surface area contributed by atoms with Crippen molar-refractivity contribution in [2.75, 3.05) is 43.7 Å². The van der Waals surface area contributed by atoms with Crippen LogP contribution in [0.15, 0.2) is 79.7 Å². The predicted molar refractivity (Wildman–Crippen MR) is 271 cm³/mol. The molecule has 79 heavy (non-hydrogen) atoms. The first-order valence-electron chi connectivity index (χ1n) is 22.0. The van der Waals surface area contributed by atoms with E-state index in [-0.39, 0.29) is 223 Å². The van der Waals surface area contributed by atoms with E-state index in [0.29, 0.717) is 11.5 Å². The zero-order chi connectivity index (χ0) is 59.9. The standard InChI is InChI=1S/C21H26ClN3O9S.C12H11ClN2O5S.C9H16ClNO4.CH3F.CH2O3.2Cs.H/c1-21(2,3)34-20(28)24-7-6-18(26)32-12-33-19(27)14-9-17(35(23,29)30)15(22)10-16(14)25-11-13-5-4-8-31-13;13-9-5-10(15-6-7-2-1-3-20-7)8(12(16)17)4-11(9)21(14,18)19;1-9(2,3)15-8(13)11-5-4-7(12)14-6-10;1-2;2-1-4-3;;;/h4-5,8-10,25H,6-7,11-12H2,1-3H3,(H,24,28)(H2,23,29,30);1-5,15H,6H2,(H,16,17)(H2,14,18,19);4-6H2,1-3H3,(H,11,13);1H3;1,3H;;;/q;;;;;2*+1;-1/p-1/i;;;1D;;;;. The van der Waals surface area contributed by atoms with Crippen LogP contribution in [0.1, 0.15) is 89.4 Å². The second kappa shape index (κ2) is 41.2. The van der Waals surface area contributed by atoms with Gasteiger partial charge in [-0.1, -0.05) is 34.8 Å². The van der Waals surface area contributed by atoms with Crippen molar-refractivity contribution in [1.82, 2.24) is 10.6 Å². The Bertz CT molecular complexity index is 2800. The number of alkyl halides is 2. The number of rotatable bonds is 20. The van der Waals surface area contributed by atoms with Crippen molar-refractivity contribution in [2.45, 2.75) is 88.5 Å². The Morgan fingerprint density at radius 3 is 1.46 bits per heavy atom. The average molecular weight is 1460 g/mol. The Kier molecular flexibility index (Phi) is 40.8. The zero-order valence-corrected chi connectivity index (χ0v) is 60.3. The van der Waals surface area contributed by atoms with Gasteiger partial charge in [-0.05, 0) is 90.1 Å². The number of carbonyl (C=O) groups is 7. The minimum Gasteiger partial charge on any atom is -1.00 e. The molecule has 0 aliphatic carbocycles. The summed E-state index contributed by atoms with van der Waals surface area (Å²) in [7, 11) is -9.35. The number of carboxylic acid groups (broad SMARTS) is 1. The van der Waals surface area contributed by atoms with E-state index < -0.39 is 91.0 Å². The molecule has 0 spiro atoms. The number of anilines is 2. The fraction of sp³-hybridized carbons (Fsp3) is 0.386. The molecule has 4 rings (SSSR count). The number of benzene rings is 2. The summed E-state index contributed by atoms with van der Waals surface area (Å²) in [4.78, 5) is 79.4. The number of alkyl carbamates (subject to hydrolysis) is 2. The second-order valence-corrected chi connectivity index (χ2v) is 20.3. The van der Waals surface area contributed by atoms with Gasteiger partial charge in [0.15, 0.2) is 6.07 Å². The van der Waals surface area contributed by atoms with Gasteiger partial charge in [-0.3, -0.25) is 18.8 Å². The van der Waals surface area contributed by atoms with Gasteiger partial charge in [0.25, 0.3) is 6.47 Å². The van der Waals surface area contributed by atoms with Gasteiger partial charge in [0.2, 0.25) is 26.8 Å². The SMILES string of the molecule is CC(C)(C)OC(=O)NCCC(=O)OCCl.CC(C)(C)OC(=O)NCCC(=O)OCOC(=O)c1cc(S(N)(=O)=O)c(Cl)cc1NCc1ccco1.NS(=O)(=O)c1cc(C(=O)O)c(NCc2ccco2)cc1Cl.O=CO[O-].[2H]CF.[Cs+].[Cs+].[H-]. The van der Waals surface area contributed by atoms with Crippen LogP contribution < -0.4 is 175 Å². The number of primary sulfonamides is 2. The molecule has 2 aromatic carbocycles. The maximum atomic E-state index is 12.6.